The van der Waals surface area contributed by atoms with Crippen LogP contribution in [0.25, 0.3) is 0 Å². The molecule has 0 saturated carbocycles. The predicted octanol–water partition coefficient (Wildman–Crippen LogP) is 2.56. The van der Waals surface area contributed by atoms with Gasteiger partial charge in [-0.25, -0.2) is 0 Å². The van der Waals surface area contributed by atoms with Crippen LogP contribution in [0.5, 0.6) is 0 Å². The molecular formula is C16H37IN4O. The molecular weight excluding hydrogens is 391 g/mol. The number of hydrogen-bond acceptors (Lipinski definition) is 3. The minimum absolute atomic E-state index is 0. The summed E-state index contributed by atoms with van der Waals surface area (Å²) >= 11 is 0. The second-order valence-corrected chi connectivity index (χ2v) is 6.49. The van der Waals surface area contributed by atoms with Gasteiger partial charge in [0.2, 0.25) is 0 Å². The van der Waals surface area contributed by atoms with E-state index in [0.717, 1.165) is 32.1 Å². The van der Waals surface area contributed by atoms with E-state index in [4.69, 9.17) is 4.74 Å². The first kappa shape index (κ1) is 24.2. The molecule has 5 nitrogen and oxygen atoms in total. The molecule has 2 atom stereocenters. The van der Waals surface area contributed by atoms with Gasteiger partial charge in [-0.15, -0.1) is 24.0 Å². The van der Waals surface area contributed by atoms with Gasteiger partial charge in [0.1, 0.15) is 0 Å². The van der Waals surface area contributed by atoms with Gasteiger partial charge in [-0.3, -0.25) is 9.89 Å². The van der Waals surface area contributed by atoms with Gasteiger partial charge in [0.05, 0.1) is 6.10 Å². The van der Waals surface area contributed by atoms with Gasteiger partial charge in [-0.05, 0) is 25.4 Å². The molecule has 0 heterocycles. The summed E-state index contributed by atoms with van der Waals surface area (Å²) in [5.74, 6) is 0.834. The van der Waals surface area contributed by atoms with Gasteiger partial charge < -0.3 is 15.4 Å². The molecule has 22 heavy (non-hydrogen) atoms. The molecule has 0 spiro atoms. The fourth-order valence-corrected chi connectivity index (χ4v) is 2.37. The first-order valence-electron chi connectivity index (χ1n) is 8.01. The summed E-state index contributed by atoms with van der Waals surface area (Å²) in [4.78, 5) is 6.70. The summed E-state index contributed by atoms with van der Waals surface area (Å²) in [7, 11) is 3.56. The average Bonchev–Trinajstić information content (AvgIpc) is 2.42. The molecule has 0 aromatic carbocycles. The molecule has 134 valence electrons. The molecule has 0 radical (unpaired) electrons. The van der Waals surface area contributed by atoms with E-state index >= 15 is 0 Å². The maximum atomic E-state index is 5.55. The van der Waals surface area contributed by atoms with Crippen molar-refractivity contribution >= 4 is 29.9 Å². The molecule has 6 heteroatoms. The summed E-state index contributed by atoms with van der Waals surface area (Å²) < 4.78 is 5.55. The number of nitrogens with zero attached hydrogens (tertiary/aromatic N) is 2. The van der Waals surface area contributed by atoms with Crippen molar-refractivity contribution in [1.29, 1.82) is 0 Å². The van der Waals surface area contributed by atoms with Crippen molar-refractivity contribution in [2.75, 3.05) is 40.3 Å². The Bertz CT molecular complexity index is 301. The highest BCUT2D eigenvalue weighted by molar-refractivity contribution is 14.0. The van der Waals surface area contributed by atoms with Gasteiger partial charge in [0.15, 0.2) is 5.96 Å². The third-order valence-corrected chi connectivity index (χ3v) is 3.93. The first-order chi connectivity index (χ1) is 9.79. The molecule has 0 amide bonds. The van der Waals surface area contributed by atoms with E-state index in [1.54, 1.807) is 14.2 Å². The van der Waals surface area contributed by atoms with Crippen LogP contribution in [0.15, 0.2) is 4.99 Å². The minimum Gasteiger partial charge on any atom is -0.379 e. The molecule has 0 aliphatic heterocycles. The third kappa shape index (κ3) is 9.15. The van der Waals surface area contributed by atoms with Crippen molar-refractivity contribution < 1.29 is 4.74 Å². The van der Waals surface area contributed by atoms with Crippen LogP contribution in [0, 0.1) is 5.41 Å². The molecule has 2 N–H and O–H groups in total. The first-order valence-corrected chi connectivity index (χ1v) is 8.01. The number of guanidine groups is 1. The number of likely N-dealkylation sites (N-methyl/N-ethyl adjacent to an activating group) is 1. The lowest BCUT2D eigenvalue weighted by Gasteiger charge is -2.30. The second kappa shape index (κ2) is 12.4. The topological polar surface area (TPSA) is 48.9 Å². The number of methoxy groups -OCH3 is 1. The minimum atomic E-state index is 0. The maximum Gasteiger partial charge on any atom is 0.191 e. The van der Waals surface area contributed by atoms with Crippen molar-refractivity contribution in [3.8, 4) is 0 Å². The maximum absolute atomic E-state index is 5.55. The van der Waals surface area contributed by atoms with Crippen LogP contribution in [0.4, 0.5) is 0 Å². The van der Waals surface area contributed by atoms with Gasteiger partial charge in [0, 0.05) is 33.3 Å². The number of aliphatic imine (C=N–C) groups is 1. The van der Waals surface area contributed by atoms with Crippen molar-refractivity contribution in [3.05, 3.63) is 0 Å². The smallest absolute Gasteiger partial charge is 0.191 e. The Balaban J connectivity index is 0. The molecule has 2 unspecified atom stereocenters. The molecule has 0 bridgehead atoms. The van der Waals surface area contributed by atoms with E-state index < -0.39 is 0 Å². The van der Waals surface area contributed by atoms with Crippen LogP contribution in [-0.2, 0) is 4.74 Å². The van der Waals surface area contributed by atoms with E-state index in [0.29, 0.717) is 6.04 Å². The van der Waals surface area contributed by atoms with Crippen LogP contribution >= 0.6 is 24.0 Å². The molecule has 0 aromatic rings. The molecule has 0 aliphatic rings. The standard InChI is InChI=1S/C16H36N4O.HI/c1-9-20(10-2)13(3)11-18-15(17-7)19-12-14(21-8)16(4,5)6;/h13-14H,9-12H2,1-8H3,(H2,17,18,19);1H. The lowest BCUT2D eigenvalue weighted by atomic mass is 9.89. The highest BCUT2D eigenvalue weighted by Gasteiger charge is 2.24. The van der Waals surface area contributed by atoms with E-state index in [-0.39, 0.29) is 35.5 Å². The largest absolute Gasteiger partial charge is 0.379 e. The second-order valence-electron chi connectivity index (χ2n) is 6.49. The zero-order valence-corrected chi connectivity index (χ0v) is 18.0. The monoisotopic (exact) mass is 428 g/mol. The van der Waals surface area contributed by atoms with E-state index in [1.807, 2.05) is 0 Å². The van der Waals surface area contributed by atoms with E-state index in [1.165, 1.54) is 0 Å². The average molecular weight is 428 g/mol. The van der Waals surface area contributed by atoms with Gasteiger partial charge in [-0.1, -0.05) is 34.6 Å². The highest BCUT2D eigenvalue weighted by Crippen LogP contribution is 2.20. The SMILES string of the molecule is CCN(CC)C(C)CNC(=NC)NCC(OC)C(C)(C)C.I. The van der Waals surface area contributed by atoms with E-state index in [9.17, 15) is 0 Å². The lowest BCUT2D eigenvalue weighted by molar-refractivity contribution is 0.0205. The van der Waals surface area contributed by atoms with Crippen LogP contribution < -0.4 is 10.6 Å². The Morgan fingerprint density at radius 3 is 2.00 bits per heavy atom. The normalized spacial score (nSPS) is 15.2. The lowest BCUT2D eigenvalue weighted by Crippen LogP contribution is -2.49. The van der Waals surface area contributed by atoms with Gasteiger partial charge in [0.25, 0.3) is 0 Å². The summed E-state index contributed by atoms with van der Waals surface area (Å²) in [6.07, 6.45) is 0.149. The Kier molecular flexibility index (Phi) is 13.6. The number of rotatable bonds is 8. The zero-order chi connectivity index (χ0) is 16.5. The number of halogens is 1. The summed E-state index contributed by atoms with van der Waals surface area (Å²) in [5, 5.41) is 6.74. The molecule has 0 rings (SSSR count). The Morgan fingerprint density at radius 2 is 1.64 bits per heavy atom. The summed E-state index contributed by atoms with van der Waals surface area (Å²) in [6.45, 7) is 16.9. The summed E-state index contributed by atoms with van der Waals surface area (Å²) in [6, 6.07) is 0.486. The molecule has 0 fully saturated rings. The number of nitrogens with one attached hydrogen (secondary N) is 2. The number of ether oxygens (including phenoxy) is 1. The van der Waals surface area contributed by atoms with E-state index in [2.05, 4.69) is 62.1 Å². The van der Waals surface area contributed by atoms with Gasteiger partial charge in [-0.2, -0.15) is 0 Å². The van der Waals surface area contributed by atoms with Gasteiger partial charge >= 0.3 is 0 Å². The quantitative estimate of drug-likeness (QED) is 0.355. The van der Waals surface area contributed by atoms with Crippen molar-refractivity contribution in [1.82, 2.24) is 15.5 Å². The number of hydrogen-bond donors (Lipinski definition) is 2. The highest BCUT2D eigenvalue weighted by atomic mass is 127. The van der Waals surface area contributed by atoms with Crippen LogP contribution in [-0.4, -0.2) is 63.3 Å². The van der Waals surface area contributed by atoms with Crippen LogP contribution in [0.2, 0.25) is 0 Å². The summed E-state index contributed by atoms with van der Waals surface area (Å²) in [5.41, 5.74) is 0.106. The van der Waals surface area contributed by atoms with Crippen molar-refractivity contribution in [3.63, 3.8) is 0 Å². The Labute approximate surface area is 154 Å². The molecule has 0 aromatic heterocycles. The third-order valence-electron chi connectivity index (χ3n) is 3.93. The zero-order valence-electron chi connectivity index (χ0n) is 15.7. The molecule has 0 aliphatic carbocycles. The van der Waals surface area contributed by atoms with Crippen LogP contribution in [0.1, 0.15) is 41.5 Å². The Hall–Kier alpha value is -0.0800. The fourth-order valence-electron chi connectivity index (χ4n) is 2.37. The van der Waals surface area contributed by atoms with Crippen LogP contribution in [0.3, 0.4) is 0 Å². The molecule has 0 saturated heterocycles. The van der Waals surface area contributed by atoms with Crippen molar-refractivity contribution in [2.45, 2.75) is 53.7 Å². The fraction of sp³-hybridized carbons (Fsp3) is 0.938. The predicted molar refractivity (Wildman–Crippen MR) is 107 cm³/mol. The van der Waals surface area contributed by atoms with Crippen molar-refractivity contribution in [2.24, 2.45) is 10.4 Å². The Morgan fingerprint density at radius 1 is 1.14 bits per heavy atom.